The maximum Gasteiger partial charge on any atom is 0.202 e. The van der Waals surface area contributed by atoms with Crippen LogP contribution >= 0.6 is 0 Å². The van der Waals surface area contributed by atoms with E-state index in [2.05, 4.69) is 0 Å². The molecule has 0 radical (unpaired) electrons. The summed E-state index contributed by atoms with van der Waals surface area (Å²) in [5.41, 5.74) is -0.597. The van der Waals surface area contributed by atoms with Crippen LogP contribution in [0.1, 0.15) is 25.7 Å². The van der Waals surface area contributed by atoms with Gasteiger partial charge in [-0.15, -0.1) is 0 Å². The molecule has 2 heterocycles. The van der Waals surface area contributed by atoms with E-state index in [1.807, 2.05) is 0 Å². The van der Waals surface area contributed by atoms with Crippen molar-refractivity contribution in [3.8, 4) is 0 Å². The molecule has 0 amide bonds. The maximum atomic E-state index is 11.7. The van der Waals surface area contributed by atoms with E-state index in [4.69, 9.17) is 14.2 Å². The van der Waals surface area contributed by atoms with Crippen LogP contribution in [0, 0.1) is 0 Å². The molecule has 0 aromatic heterocycles. The molecule has 3 aliphatic rings. The maximum absolute atomic E-state index is 11.7. The summed E-state index contributed by atoms with van der Waals surface area (Å²) in [7, 11) is 0. The fourth-order valence-electron chi connectivity index (χ4n) is 2.62. The second kappa shape index (κ2) is 3.06. The van der Waals surface area contributed by atoms with Gasteiger partial charge in [0.05, 0.1) is 19.5 Å². The number of carbonyl (C=O) groups excluding carboxylic acids is 1. The molecule has 4 nitrogen and oxygen atoms in total. The summed E-state index contributed by atoms with van der Waals surface area (Å²) < 4.78 is 16.7. The molecule has 0 unspecified atom stereocenters. The van der Waals surface area contributed by atoms with E-state index in [1.54, 1.807) is 0 Å². The largest absolute Gasteiger partial charge is 0.487 e. The molecule has 2 aliphatic heterocycles. The van der Waals surface area contributed by atoms with Gasteiger partial charge in [0.1, 0.15) is 0 Å². The Labute approximate surface area is 88.2 Å². The third-order valence-electron chi connectivity index (χ3n) is 3.60. The fourth-order valence-corrected chi connectivity index (χ4v) is 2.62. The zero-order chi connectivity index (χ0) is 10.4. The molecule has 0 aromatic carbocycles. The van der Waals surface area contributed by atoms with Gasteiger partial charge in [-0.2, -0.15) is 0 Å². The van der Waals surface area contributed by atoms with Crippen molar-refractivity contribution >= 4 is 5.78 Å². The molecule has 0 bridgehead atoms. The van der Waals surface area contributed by atoms with Crippen LogP contribution in [0.5, 0.6) is 0 Å². The Morgan fingerprint density at radius 2 is 1.73 bits per heavy atom. The van der Waals surface area contributed by atoms with Gasteiger partial charge in [0.2, 0.25) is 5.78 Å². The Morgan fingerprint density at radius 3 is 2.27 bits per heavy atom. The smallest absolute Gasteiger partial charge is 0.202 e. The van der Waals surface area contributed by atoms with Crippen LogP contribution in [-0.4, -0.2) is 30.4 Å². The van der Waals surface area contributed by atoms with Gasteiger partial charge in [-0.1, -0.05) is 0 Å². The zero-order valence-corrected chi connectivity index (χ0v) is 8.53. The standard InChI is InChI=1S/C11H14O4/c12-9-1-6-13-10(9)2-4-11(5-3-10)14-7-8-15-11/h1,6H,2-5,7-8H2. The van der Waals surface area contributed by atoms with Crippen LogP contribution in [0.3, 0.4) is 0 Å². The minimum absolute atomic E-state index is 0.0929. The lowest BCUT2D eigenvalue weighted by molar-refractivity contribution is -0.200. The number of ether oxygens (including phenoxy) is 3. The second-order valence-corrected chi connectivity index (χ2v) is 4.39. The molecule has 15 heavy (non-hydrogen) atoms. The van der Waals surface area contributed by atoms with Crippen molar-refractivity contribution in [3.63, 3.8) is 0 Å². The molecule has 82 valence electrons. The van der Waals surface area contributed by atoms with E-state index in [-0.39, 0.29) is 5.78 Å². The normalized spacial score (nSPS) is 31.3. The number of carbonyl (C=O) groups is 1. The van der Waals surface area contributed by atoms with Crippen LogP contribution < -0.4 is 0 Å². The summed E-state index contributed by atoms with van der Waals surface area (Å²) in [6.45, 7) is 1.33. The van der Waals surface area contributed by atoms with Gasteiger partial charge >= 0.3 is 0 Å². The van der Waals surface area contributed by atoms with Crippen molar-refractivity contribution in [1.29, 1.82) is 0 Å². The highest BCUT2D eigenvalue weighted by molar-refractivity contribution is 5.98. The lowest BCUT2D eigenvalue weighted by Crippen LogP contribution is -2.47. The minimum Gasteiger partial charge on any atom is -0.487 e. The molecular weight excluding hydrogens is 196 g/mol. The Bertz CT molecular complexity index is 305. The van der Waals surface area contributed by atoms with E-state index < -0.39 is 11.4 Å². The third-order valence-corrected chi connectivity index (χ3v) is 3.60. The molecule has 2 spiro atoms. The van der Waals surface area contributed by atoms with Gasteiger partial charge in [-0.05, 0) is 12.8 Å². The first-order valence-corrected chi connectivity index (χ1v) is 5.42. The van der Waals surface area contributed by atoms with E-state index in [9.17, 15) is 4.79 Å². The summed E-state index contributed by atoms with van der Waals surface area (Å²) in [5.74, 6) is -0.326. The Morgan fingerprint density at radius 1 is 1.07 bits per heavy atom. The summed E-state index contributed by atoms with van der Waals surface area (Å²) in [6.07, 6.45) is 5.92. The Hall–Kier alpha value is -0.870. The first kappa shape index (κ1) is 9.36. The van der Waals surface area contributed by atoms with Crippen molar-refractivity contribution in [1.82, 2.24) is 0 Å². The number of hydrogen-bond acceptors (Lipinski definition) is 4. The molecule has 0 aromatic rings. The van der Waals surface area contributed by atoms with Crippen LogP contribution in [0.15, 0.2) is 12.3 Å². The van der Waals surface area contributed by atoms with Crippen molar-refractivity contribution in [3.05, 3.63) is 12.3 Å². The molecular formula is C11H14O4. The van der Waals surface area contributed by atoms with Gasteiger partial charge in [-0.3, -0.25) is 4.79 Å². The van der Waals surface area contributed by atoms with E-state index in [0.717, 1.165) is 12.8 Å². The lowest BCUT2D eigenvalue weighted by Gasteiger charge is -2.39. The van der Waals surface area contributed by atoms with Crippen molar-refractivity contribution in [2.45, 2.75) is 37.1 Å². The molecule has 1 saturated heterocycles. The number of rotatable bonds is 0. The van der Waals surface area contributed by atoms with Gasteiger partial charge < -0.3 is 14.2 Å². The topological polar surface area (TPSA) is 44.8 Å². The van der Waals surface area contributed by atoms with Gasteiger partial charge in [0, 0.05) is 18.9 Å². The van der Waals surface area contributed by atoms with E-state index in [0.29, 0.717) is 26.1 Å². The molecule has 0 N–H and O–H groups in total. The first-order valence-electron chi connectivity index (χ1n) is 5.42. The van der Waals surface area contributed by atoms with Crippen molar-refractivity contribution < 1.29 is 19.0 Å². The summed E-state index contributed by atoms with van der Waals surface area (Å²) in [4.78, 5) is 11.7. The van der Waals surface area contributed by atoms with Gasteiger partial charge in [0.15, 0.2) is 11.4 Å². The highest BCUT2D eigenvalue weighted by atomic mass is 16.7. The predicted molar refractivity (Wildman–Crippen MR) is 51.1 cm³/mol. The fraction of sp³-hybridized carbons (Fsp3) is 0.727. The van der Waals surface area contributed by atoms with Crippen LogP contribution in [0.4, 0.5) is 0 Å². The lowest BCUT2D eigenvalue weighted by atomic mass is 9.79. The van der Waals surface area contributed by atoms with Crippen LogP contribution in [0.25, 0.3) is 0 Å². The molecule has 3 rings (SSSR count). The molecule has 4 heteroatoms. The molecule has 2 fully saturated rings. The Balaban J connectivity index is 1.72. The van der Waals surface area contributed by atoms with E-state index in [1.165, 1.54) is 12.3 Å². The number of hydrogen-bond donors (Lipinski definition) is 0. The molecule has 1 aliphatic carbocycles. The SMILES string of the molecule is O=C1C=COC12CCC1(CC2)OCCO1. The third kappa shape index (κ3) is 1.32. The highest BCUT2D eigenvalue weighted by Gasteiger charge is 2.51. The first-order chi connectivity index (χ1) is 7.25. The van der Waals surface area contributed by atoms with Crippen LogP contribution in [-0.2, 0) is 19.0 Å². The second-order valence-electron chi connectivity index (χ2n) is 4.39. The molecule has 1 saturated carbocycles. The zero-order valence-electron chi connectivity index (χ0n) is 8.53. The molecule has 0 atom stereocenters. The monoisotopic (exact) mass is 210 g/mol. The van der Waals surface area contributed by atoms with Gasteiger partial charge in [-0.25, -0.2) is 0 Å². The number of ketones is 1. The van der Waals surface area contributed by atoms with E-state index >= 15 is 0 Å². The summed E-state index contributed by atoms with van der Waals surface area (Å²) in [6, 6.07) is 0. The highest BCUT2D eigenvalue weighted by Crippen LogP contribution is 2.43. The predicted octanol–water partition coefficient (Wildman–Crippen LogP) is 1.16. The Kier molecular flexibility index (Phi) is 1.91. The van der Waals surface area contributed by atoms with Gasteiger partial charge in [0.25, 0.3) is 0 Å². The quantitative estimate of drug-likeness (QED) is 0.601. The average Bonchev–Trinajstić information content (AvgIpc) is 2.82. The van der Waals surface area contributed by atoms with Crippen molar-refractivity contribution in [2.75, 3.05) is 13.2 Å². The average molecular weight is 210 g/mol. The van der Waals surface area contributed by atoms with Crippen LogP contribution in [0.2, 0.25) is 0 Å². The van der Waals surface area contributed by atoms with Crippen molar-refractivity contribution in [2.24, 2.45) is 0 Å². The summed E-state index contributed by atoms with van der Waals surface area (Å²) in [5, 5.41) is 0. The summed E-state index contributed by atoms with van der Waals surface area (Å²) >= 11 is 0. The minimum atomic E-state index is -0.597.